The lowest BCUT2D eigenvalue weighted by Gasteiger charge is -1.89. The lowest BCUT2D eigenvalue weighted by atomic mass is 10.4. The second kappa shape index (κ2) is 3.95. The summed E-state index contributed by atoms with van der Waals surface area (Å²) in [4.78, 5) is 12.3. The number of hydrogen-bond acceptors (Lipinski definition) is 4. The van der Waals surface area contributed by atoms with Gasteiger partial charge in [-0.3, -0.25) is 10.1 Å². The van der Waals surface area contributed by atoms with Gasteiger partial charge in [0.1, 0.15) is 0 Å². The first-order chi connectivity index (χ1) is 6.68. The van der Waals surface area contributed by atoms with Gasteiger partial charge >= 0.3 is 5.00 Å². The second-order valence-electron chi connectivity index (χ2n) is 2.50. The summed E-state index contributed by atoms with van der Waals surface area (Å²) in [5.74, 6) is 0. The zero-order valence-electron chi connectivity index (χ0n) is 6.77. The Kier molecular flexibility index (Phi) is 2.84. The fourth-order valence-corrected chi connectivity index (χ4v) is 4.07. The van der Waals surface area contributed by atoms with Gasteiger partial charge in [0.25, 0.3) is 0 Å². The Morgan fingerprint density at radius 2 is 2.29 bits per heavy atom. The molecule has 0 atom stereocenters. The van der Waals surface area contributed by atoms with E-state index in [2.05, 4.69) is 22.6 Å². The van der Waals surface area contributed by atoms with Crippen LogP contribution in [0.25, 0.3) is 9.75 Å². The van der Waals surface area contributed by atoms with E-state index in [1.807, 2.05) is 17.5 Å². The molecule has 0 aliphatic rings. The molecular weight excluding hydrogens is 333 g/mol. The number of thiophene rings is 2. The van der Waals surface area contributed by atoms with E-state index in [1.165, 1.54) is 11.3 Å². The average molecular weight is 337 g/mol. The van der Waals surface area contributed by atoms with Gasteiger partial charge in [0, 0.05) is 14.5 Å². The molecule has 0 saturated heterocycles. The summed E-state index contributed by atoms with van der Waals surface area (Å²) in [6.45, 7) is 0. The van der Waals surface area contributed by atoms with Crippen LogP contribution in [0.2, 0.25) is 0 Å². The molecule has 0 aromatic carbocycles. The Morgan fingerprint density at radius 1 is 1.50 bits per heavy atom. The van der Waals surface area contributed by atoms with E-state index < -0.39 is 0 Å². The summed E-state index contributed by atoms with van der Waals surface area (Å²) in [5, 5.41) is 12.7. The van der Waals surface area contributed by atoms with E-state index in [1.54, 1.807) is 17.4 Å². The third kappa shape index (κ3) is 1.82. The van der Waals surface area contributed by atoms with Crippen LogP contribution in [0.3, 0.4) is 0 Å². The summed E-state index contributed by atoms with van der Waals surface area (Å²) < 4.78 is 0.946. The van der Waals surface area contributed by atoms with Crippen molar-refractivity contribution in [2.24, 2.45) is 0 Å². The minimum absolute atomic E-state index is 0.206. The van der Waals surface area contributed by atoms with Crippen LogP contribution >= 0.6 is 45.3 Å². The molecule has 0 aliphatic heterocycles. The van der Waals surface area contributed by atoms with E-state index in [0.29, 0.717) is 0 Å². The fourth-order valence-electron chi connectivity index (χ4n) is 1.02. The lowest BCUT2D eigenvalue weighted by molar-refractivity contribution is -0.380. The molecule has 0 aliphatic carbocycles. The Hall–Kier alpha value is -0.470. The number of nitro groups is 1. The van der Waals surface area contributed by atoms with Crippen LogP contribution in [0.5, 0.6) is 0 Å². The zero-order chi connectivity index (χ0) is 10.1. The van der Waals surface area contributed by atoms with Gasteiger partial charge in [0.2, 0.25) is 0 Å². The van der Waals surface area contributed by atoms with Gasteiger partial charge in [-0.25, -0.2) is 0 Å². The lowest BCUT2D eigenvalue weighted by Crippen LogP contribution is -1.80. The third-order valence-electron chi connectivity index (χ3n) is 1.60. The highest BCUT2D eigenvalue weighted by atomic mass is 127. The maximum atomic E-state index is 10.6. The van der Waals surface area contributed by atoms with Gasteiger partial charge in [0.05, 0.1) is 9.80 Å². The van der Waals surface area contributed by atoms with Crippen LogP contribution in [-0.2, 0) is 0 Å². The molecule has 2 heterocycles. The molecule has 0 unspecified atom stereocenters. The summed E-state index contributed by atoms with van der Waals surface area (Å²) in [6.07, 6.45) is 0. The Bertz CT molecular complexity index is 464. The molecular formula is C8H4INO2S2. The SMILES string of the molecule is O=[N+]([O-])c1cc(I)c(-c2cccs2)s1. The zero-order valence-corrected chi connectivity index (χ0v) is 10.6. The van der Waals surface area contributed by atoms with Gasteiger partial charge in [-0.2, -0.15) is 0 Å². The minimum Gasteiger partial charge on any atom is -0.258 e. The van der Waals surface area contributed by atoms with Gasteiger partial charge < -0.3 is 0 Å². The monoisotopic (exact) mass is 337 g/mol. The largest absolute Gasteiger partial charge is 0.325 e. The quantitative estimate of drug-likeness (QED) is 0.472. The van der Waals surface area contributed by atoms with Gasteiger partial charge in [-0.1, -0.05) is 17.4 Å². The first kappa shape index (κ1) is 10.1. The molecule has 2 aromatic rings. The van der Waals surface area contributed by atoms with Crippen LogP contribution in [0, 0.1) is 13.7 Å². The number of nitrogens with zero attached hydrogens (tertiary/aromatic N) is 1. The number of rotatable bonds is 2. The van der Waals surface area contributed by atoms with Crippen molar-refractivity contribution in [3.8, 4) is 9.75 Å². The van der Waals surface area contributed by atoms with E-state index in [4.69, 9.17) is 0 Å². The molecule has 2 rings (SSSR count). The molecule has 2 aromatic heterocycles. The Morgan fingerprint density at radius 3 is 2.79 bits per heavy atom. The van der Waals surface area contributed by atoms with E-state index in [0.717, 1.165) is 13.3 Å². The van der Waals surface area contributed by atoms with Crippen molar-refractivity contribution in [3.05, 3.63) is 37.3 Å². The predicted octanol–water partition coefficient (Wildman–Crippen LogP) is 3.99. The molecule has 6 heteroatoms. The molecule has 0 bridgehead atoms. The third-order valence-corrected chi connectivity index (χ3v) is 4.95. The molecule has 3 nitrogen and oxygen atoms in total. The smallest absolute Gasteiger partial charge is 0.258 e. The molecule has 0 radical (unpaired) electrons. The average Bonchev–Trinajstić information content (AvgIpc) is 2.71. The van der Waals surface area contributed by atoms with Crippen molar-refractivity contribution in [3.63, 3.8) is 0 Å². The molecule has 0 N–H and O–H groups in total. The van der Waals surface area contributed by atoms with Crippen molar-refractivity contribution >= 4 is 50.3 Å². The fraction of sp³-hybridized carbons (Fsp3) is 0. The Labute approximate surface area is 102 Å². The van der Waals surface area contributed by atoms with Gasteiger partial charge in [-0.15, -0.1) is 11.3 Å². The normalized spacial score (nSPS) is 10.4. The summed E-state index contributed by atoms with van der Waals surface area (Å²) >= 11 is 4.96. The summed E-state index contributed by atoms with van der Waals surface area (Å²) in [7, 11) is 0. The first-order valence-electron chi connectivity index (χ1n) is 3.66. The highest BCUT2D eigenvalue weighted by molar-refractivity contribution is 14.1. The number of halogens is 1. The van der Waals surface area contributed by atoms with Crippen LogP contribution in [-0.4, -0.2) is 4.92 Å². The summed E-state index contributed by atoms with van der Waals surface area (Å²) in [5.41, 5.74) is 0. The molecule has 0 saturated carbocycles. The van der Waals surface area contributed by atoms with Crippen molar-refractivity contribution in [1.82, 2.24) is 0 Å². The molecule has 0 spiro atoms. The standard InChI is InChI=1S/C8H4INO2S2/c9-5-4-7(10(11)12)14-8(5)6-2-1-3-13-6/h1-4H. The van der Waals surface area contributed by atoms with Gasteiger partial charge in [0.15, 0.2) is 0 Å². The summed E-state index contributed by atoms with van der Waals surface area (Å²) in [6, 6.07) is 5.53. The molecule has 72 valence electrons. The first-order valence-corrected chi connectivity index (χ1v) is 6.43. The minimum atomic E-state index is -0.343. The maximum Gasteiger partial charge on any atom is 0.325 e. The van der Waals surface area contributed by atoms with E-state index in [-0.39, 0.29) is 9.92 Å². The molecule has 0 amide bonds. The predicted molar refractivity (Wildman–Crippen MR) is 67.0 cm³/mol. The second-order valence-corrected chi connectivity index (χ2v) is 5.64. The van der Waals surface area contributed by atoms with Crippen LogP contribution < -0.4 is 0 Å². The highest BCUT2D eigenvalue weighted by Crippen LogP contribution is 2.39. The van der Waals surface area contributed by atoms with Crippen LogP contribution in [0.15, 0.2) is 23.6 Å². The molecule has 0 fully saturated rings. The highest BCUT2D eigenvalue weighted by Gasteiger charge is 2.16. The van der Waals surface area contributed by atoms with Crippen molar-refractivity contribution in [1.29, 1.82) is 0 Å². The van der Waals surface area contributed by atoms with Gasteiger partial charge in [-0.05, 0) is 34.0 Å². The molecule has 14 heavy (non-hydrogen) atoms. The van der Waals surface area contributed by atoms with Crippen LogP contribution in [0.1, 0.15) is 0 Å². The van der Waals surface area contributed by atoms with Crippen LogP contribution in [0.4, 0.5) is 5.00 Å². The van der Waals surface area contributed by atoms with Crippen molar-refractivity contribution in [2.75, 3.05) is 0 Å². The van der Waals surface area contributed by atoms with Crippen molar-refractivity contribution < 1.29 is 4.92 Å². The van der Waals surface area contributed by atoms with E-state index in [9.17, 15) is 10.1 Å². The topological polar surface area (TPSA) is 43.1 Å². The van der Waals surface area contributed by atoms with Crippen molar-refractivity contribution in [2.45, 2.75) is 0 Å². The maximum absolute atomic E-state index is 10.6. The number of hydrogen-bond donors (Lipinski definition) is 0. The van der Waals surface area contributed by atoms with E-state index >= 15 is 0 Å². The Balaban J connectivity index is 2.50.